The van der Waals surface area contributed by atoms with Crippen LogP contribution in [-0.2, 0) is 24.0 Å². The van der Waals surface area contributed by atoms with Gasteiger partial charge >= 0.3 is 14.2 Å². The second-order valence-electron chi connectivity index (χ2n) is 16.2. The van der Waals surface area contributed by atoms with Gasteiger partial charge in [-0.1, -0.05) is 106 Å². The van der Waals surface area contributed by atoms with Crippen molar-refractivity contribution in [2.45, 2.75) is 148 Å². The first kappa shape index (κ1) is 38.6. The van der Waals surface area contributed by atoms with Crippen LogP contribution in [-0.4, -0.2) is 36.6 Å². The average molecular weight is 681 g/mol. The Morgan fingerprint density at radius 1 is 0.569 bits per heavy atom. The summed E-state index contributed by atoms with van der Waals surface area (Å²) in [7, 11) is -0.941. The van der Waals surface area contributed by atoms with Gasteiger partial charge < -0.3 is 18.6 Å². The van der Waals surface area contributed by atoms with E-state index in [0.717, 1.165) is 30.2 Å². The van der Waals surface area contributed by atoms with Crippen LogP contribution in [0.4, 0.5) is 0 Å². The first-order valence-corrected chi connectivity index (χ1v) is 18.8. The molecule has 0 amide bonds. The quantitative estimate of drug-likeness (QED) is 0.127. The fourth-order valence-electron chi connectivity index (χ4n) is 7.13. The smallest absolute Gasteiger partial charge is 0.399 e. The standard InChI is InChI=1S/C45H54B2O4/c1-11-13-15-17-19-21-23-25-31-45(32-26-24-22-20-18-16-14-12-2)39-33-35(46-48-41(3,4)42(5,6)49-46)27-29-37(39)38-30-28-36(34-40(38)45)47-50-43(7,8)44(9,10)51-47/h27-31,33-34H,1,12,14,16,18,20,22,24,26,32H2,2-10H3. The minimum absolute atomic E-state index is 0.440. The molecule has 6 heteroatoms. The maximum Gasteiger partial charge on any atom is 0.494 e. The Kier molecular flexibility index (Phi) is 11.8. The van der Waals surface area contributed by atoms with Crippen LogP contribution in [0.3, 0.4) is 0 Å². The molecule has 0 N–H and O–H groups in total. The lowest BCUT2D eigenvalue weighted by Gasteiger charge is -2.32. The number of allylic oxidation sites excluding steroid dienone is 1. The van der Waals surface area contributed by atoms with E-state index in [1.807, 2.05) is 0 Å². The summed E-state index contributed by atoms with van der Waals surface area (Å²) < 4.78 is 26.2. The molecule has 2 fully saturated rings. The van der Waals surface area contributed by atoms with Crippen LogP contribution in [0.2, 0.25) is 0 Å². The number of benzene rings is 2. The molecule has 2 saturated heterocycles. The number of rotatable bonds is 12. The van der Waals surface area contributed by atoms with Crippen molar-refractivity contribution in [2.75, 3.05) is 0 Å². The Balaban J connectivity index is 1.65. The maximum absolute atomic E-state index is 6.55. The predicted octanol–water partition coefficient (Wildman–Crippen LogP) is 9.51. The molecule has 2 heterocycles. The molecule has 2 aromatic rings. The zero-order chi connectivity index (χ0) is 36.9. The van der Waals surface area contributed by atoms with E-state index < -0.39 is 42.1 Å². The van der Waals surface area contributed by atoms with Crippen molar-refractivity contribution in [1.82, 2.24) is 0 Å². The van der Waals surface area contributed by atoms with Gasteiger partial charge in [-0.15, -0.1) is 0 Å². The SMILES string of the molecule is C=C=C=C=C=C=C=C=C=CC1(CCCCCCCCCC)c2cc(B3OC(C)(C)C(C)(C)O3)ccc2-c2ccc(B3OC(C)(C)C(C)(C)O3)cc21. The van der Waals surface area contributed by atoms with Gasteiger partial charge in [0.2, 0.25) is 0 Å². The maximum atomic E-state index is 6.55. The molecule has 0 spiro atoms. The first-order valence-electron chi connectivity index (χ1n) is 18.8. The molecule has 0 aromatic heterocycles. The molecule has 2 aromatic carbocycles. The number of fused-ring (bicyclic) bond motifs is 3. The zero-order valence-electron chi connectivity index (χ0n) is 32.4. The second kappa shape index (κ2) is 15.6. The third-order valence-corrected chi connectivity index (χ3v) is 11.6. The Morgan fingerprint density at radius 2 is 0.980 bits per heavy atom. The summed E-state index contributed by atoms with van der Waals surface area (Å²) in [5.41, 5.74) is 27.2. The van der Waals surface area contributed by atoms with Crippen molar-refractivity contribution >= 4 is 25.2 Å². The van der Waals surface area contributed by atoms with E-state index >= 15 is 0 Å². The fourth-order valence-corrected chi connectivity index (χ4v) is 7.13. The molecular weight excluding hydrogens is 626 g/mol. The van der Waals surface area contributed by atoms with Gasteiger partial charge in [0.25, 0.3) is 0 Å². The van der Waals surface area contributed by atoms with E-state index in [0.29, 0.717) is 0 Å². The van der Waals surface area contributed by atoms with Crippen LogP contribution >= 0.6 is 0 Å². The normalized spacial score (nSPS) is 19.2. The van der Waals surface area contributed by atoms with Gasteiger partial charge in [-0.2, -0.15) is 0 Å². The van der Waals surface area contributed by atoms with Gasteiger partial charge in [-0.3, -0.25) is 0 Å². The van der Waals surface area contributed by atoms with Crippen LogP contribution in [0.5, 0.6) is 0 Å². The highest BCUT2D eigenvalue weighted by Gasteiger charge is 2.54. The van der Waals surface area contributed by atoms with Gasteiger partial charge in [-0.25, -0.2) is 0 Å². The van der Waals surface area contributed by atoms with Gasteiger partial charge in [0.05, 0.1) is 22.4 Å². The molecule has 51 heavy (non-hydrogen) atoms. The first-order chi connectivity index (χ1) is 24.2. The van der Waals surface area contributed by atoms with E-state index in [-0.39, 0.29) is 0 Å². The number of hydrogen-bond donors (Lipinski definition) is 0. The molecule has 264 valence electrons. The lowest BCUT2D eigenvalue weighted by molar-refractivity contribution is 0.00578. The third kappa shape index (κ3) is 8.08. The minimum Gasteiger partial charge on any atom is -0.399 e. The number of hydrogen-bond acceptors (Lipinski definition) is 4. The summed E-state index contributed by atoms with van der Waals surface area (Å²) in [6.07, 6.45) is 13.0. The molecule has 0 saturated carbocycles. The lowest BCUT2D eigenvalue weighted by Crippen LogP contribution is -2.41. The minimum atomic E-state index is -0.494. The van der Waals surface area contributed by atoms with Gasteiger partial charge in [0.1, 0.15) is 0 Å². The Bertz CT molecular complexity index is 1820. The van der Waals surface area contributed by atoms with Crippen LogP contribution in [0.25, 0.3) is 11.1 Å². The monoisotopic (exact) mass is 680 g/mol. The zero-order valence-corrected chi connectivity index (χ0v) is 32.4. The molecule has 5 rings (SSSR count). The van der Waals surface area contributed by atoms with Crippen LogP contribution < -0.4 is 10.9 Å². The van der Waals surface area contributed by atoms with E-state index in [1.54, 1.807) is 0 Å². The molecule has 0 bridgehead atoms. The average Bonchev–Trinajstić information content (AvgIpc) is 3.57. The topological polar surface area (TPSA) is 36.9 Å². The molecule has 1 aliphatic carbocycles. The van der Waals surface area contributed by atoms with Crippen molar-refractivity contribution in [1.29, 1.82) is 0 Å². The highest BCUT2D eigenvalue weighted by Crippen LogP contribution is 2.52. The largest absolute Gasteiger partial charge is 0.494 e. The summed E-state index contributed by atoms with van der Waals surface area (Å²) >= 11 is 0. The van der Waals surface area contributed by atoms with Crippen LogP contribution in [0.15, 0.2) is 94.9 Å². The molecule has 4 nitrogen and oxygen atoms in total. The van der Waals surface area contributed by atoms with Crippen LogP contribution in [0, 0.1) is 0 Å². The summed E-state index contributed by atoms with van der Waals surface area (Å²) in [5, 5.41) is 0. The van der Waals surface area contributed by atoms with E-state index in [1.165, 1.54) is 60.8 Å². The molecule has 0 radical (unpaired) electrons. The van der Waals surface area contributed by atoms with Crippen molar-refractivity contribution in [3.8, 4) is 11.1 Å². The second-order valence-corrected chi connectivity index (χ2v) is 16.2. The molecule has 3 aliphatic rings. The summed E-state index contributed by atoms with van der Waals surface area (Å²) in [5.74, 6) is 0. The summed E-state index contributed by atoms with van der Waals surface area (Å²) in [6.45, 7) is 22.5. The van der Waals surface area contributed by atoms with Crippen molar-refractivity contribution in [3.05, 3.63) is 106 Å². The Morgan fingerprint density at radius 3 is 1.43 bits per heavy atom. The van der Waals surface area contributed by atoms with Gasteiger partial charge in [0.15, 0.2) is 0 Å². The summed E-state index contributed by atoms with van der Waals surface area (Å²) in [6, 6.07) is 13.4. The molecule has 2 aliphatic heterocycles. The molecular formula is C45H54B2O4. The van der Waals surface area contributed by atoms with E-state index in [9.17, 15) is 0 Å². The molecule has 0 atom stereocenters. The Hall–Kier alpha value is -3.61. The fraction of sp³-hybridized carbons (Fsp3) is 0.511. The highest BCUT2D eigenvalue weighted by molar-refractivity contribution is 6.62. The van der Waals surface area contributed by atoms with E-state index in [2.05, 4.69) is 157 Å². The van der Waals surface area contributed by atoms with Crippen molar-refractivity contribution < 1.29 is 18.6 Å². The van der Waals surface area contributed by atoms with E-state index in [4.69, 9.17) is 18.6 Å². The van der Waals surface area contributed by atoms with Crippen molar-refractivity contribution in [3.63, 3.8) is 0 Å². The lowest BCUT2D eigenvalue weighted by atomic mass is 9.69. The van der Waals surface area contributed by atoms with Gasteiger partial charge in [0, 0.05) is 5.41 Å². The highest BCUT2D eigenvalue weighted by atomic mass is 16.7. The molecule has 0 unspecified atom stereocenters. The van der Waals surface area contributed by atoms with Crippen LogP contribution in [0.1, 0.15) is 131 Å². The predicted molar refractivity (Wildman–Crippen MR) is 210 cm³/mol. The Labute approximate surface area is 308 Å². The summed E-state index contributed by atoms with van der Waals surface area (Å²) in [4.78, 5) is 0. The van der Waals surface area contributed by atoms with Gasteiger partial charge in [-0.05, 0) is 142 Å². The number of unbranched alkanes of at least 4 members (excludes halogenated alkanes) is 7. The van der Waals surface area contributed by atoms with Crippen molar-refractivity contribution in [2.24, 2.45) is 0 Å². The third-order valence-electron chi connectivity index (χ3n) is 11.6.